The van der Waals surface area contributed by atoms with Crippen molar-refractivity contribution in [2.45, 2.75) is 17.9 Å². The largest absolute Gasteiger partial charge is 0.349 e. The zero-order chi connectivity index (χ0) is 15.6. The van der Waals surface area contributed by atoms with Crippen LogP contribution in [0.15, 0.2) is 29.2 Å². The number of halogens is 1. The molecule has 0 heterocycles. The van der Waals surface area contributed by atoms with E-state index >= 15 is 0 Å². The number of hydrogen-bond acceptors (Lipinski definition) is 5. The van der Waals surface area contributed by atoms with Gasteiger partial charge in [-0.3, -0.25) is 4.79 Å². The Morgan fingerprint density at radius 2 is 1.70 bits per heavy atom. The standard InChI is InChI=1S/C11H14ClNO5S2/c1-8(7-19(2,15)16)13-11(14)9-3-5-10(6-4-9)20(12,17)18/h3-6,8H,7H2,1-2H3,(H,13,14). The van der Waals surface area contributed by atoms with E-state index in [4.69, 9.17) is 10.7 Å². The smallest absolute Gasteiger partial charge is 0.261 e. The molecule has 1 aromatic carbocycles. The molecule has 0 aliphatic heterocycles. The Morgan fingerprint density at radius 1 is 1.20 bits per heavy atom. The van der Waals surface area contributed by atoms with Gasteiger partial charge in [-0.15, -0.1) is 0 Å². The number of carbonyl (C=O) groups is 1. The molecule has 112 valence electrons. The molecule has 0 bridgehead atoms. The molecular formula is C11H14ClNO5S2. The van der Waals surface area contributed by atoms with Crippen LogP contribution >= 0.6 is 10.7 Å². The summed E-state index contributed by atoms with van der Waals surface area (Å²) in [5, 5.41) is 2.51. The Bertz CT molecular complexity index is 695. The Balaban J connectivity index is 2.79. The van der Waals surface area contributed by atoms with E-state index in [9.17, 15) is 21.6 Å². The molecule has 0 fully saturated rings. The van der Waals surface area contributed by atoms with Crippen molar-refractivity contribution in [3.05, 3.63) is 29.8 Å². The quantitative estimate of drug-likeness (QED) is 0.799. The van der Waals surface area contributed by atoms with E-state index in [2.05, 4.69) is 5.32 Å². The molecule has 1 rings (SSSR count). The molecule has 9 heteroatoms. The average Bonchev–Trinajstić information content (AvgIpc) is 2.25. The van der Waals surface area contributed by atoms with Crippen LogP contribution in [-0.4, -0.2) is 40.8 Å². The lowest BCUT2D eigenvalue weighted by Gasteiger charge is -2.12. The van der Waals surface area contributed by atoms with Crippen molar-refractivity contribution >= 4 is 35.5 Å². The Morgan fingerprint density at radius 3 is 2.10 bits per heavy atom. The van der Waals surface area contributed by atoms with Crippen molar-refractivity contribution in [3.8, 4) is 0 Å². The van der Waals surface area contributed by atoms with Gasteiger partial charge in [0.05, 0.1) is 10.6 Å². The lowest BCUT2D eigenvalue weighted by atomic mass is 10.2. The number of amides is 1. The van der Waals surface area contributed by atoms with Gasteiger partial charge in [-0.1, -0.05) is 0 Å². The molecule has 1 aromatic rings. The van der Waals surface area contributed by atoms with E-state index in [-0.39, 0.29) is 16.2 Å². The Hall–Kier alpha value is -1.12. The van der Waals surface area contributed by atoms with Gasteiger partial charge in [-0.25, -0.2) is 16.8 Å². The third-order valence-electron chi connectivity index (χ3n) is 2.33. The zero-order valence-electron chi connectivity index (χ0n) is 10.8. The zero-order valence-corrected chi connectivity index (χ0v) is 13.2. The summed E-state index contributed by atoms with van der Waals surface area (Å²) in [6, 6.07) is 4.47. The predicted molar refractivity (Wildman–Crippen MR) is 76.1 cm³/mol. The highest BCUT2D eigenvalue weighted by Crippen LogP contribution is 2.15. The summed E-state index contributed by atoms with van der Waals surface area (Å²) in [6.07, 6.45) is 1.08. The molecule has 1 unspecified atom stereocenters. The molecular weight excluding hydrogens is 326 g/mol. The summed E-state index contributed by atoms with van der Waals surface area (Å²) in [5.74, 6) is -0.660. The van der Waals surface area contributed by atoms with Crippen LogP contribution in [0, 0.1) is 0 Å². The maximum atomic E-state index is 11.8. The SMILES string of the molecule is CC(CS(C)(=O)=O)NC(=O)c1ccc(S(=O)(=O)Cl)cc1. The molecule has 0 saturated heterocycles. The average molecular weight is 340 g/mol. The van der Waals surface area contributed by atoms with Crippen molar-refractivity contribution in [1.82, 2.24) is 5.32 Å². The third-order valence-corrected chi connectivity index (χ3v) is 4.80. The van der Waals surface area contributed by atoms with E-state index < -0.39 is 30.8 Å². The highest BCUT2D eigenvalue weighted by atomic mass is 35.7. The second-order valence-electron chi connectivity index (χ2n) is 4.43. The molecule has 0 saturated carbocycles. The number of hydrogen-bond donors (Lipinski definition) is 1. The van der Waals surface area contributed by atoms with Crippen molar-refractivity contribution in [3.63, 3.8) is 0 Å². The van der Waals surface area contributed by atoms with Gasteiger partial charge >= 0.3 is 0 Å². The lowest BCUT2D eigenvalue weighted by Crippen LogP contribution is -2.37. The maximum absolute atomic E-state index is 11.8. The minimum Gasteiger partial charge on any atom is -0.349 e. The van der Waals surface area contributed by atoms with Crippen molar-refractivity contribution in [2.75, 3.05) is 12.0 Å². The van der Waals surface area contributed by atoms with Gasteiger partial charge in [-0.2, -0.15) is 0 Å². The van der Waals surface area contributed by atoms with E-state index in [0.29, 0.717) is 0 Å². The fraction of sp³-hybridized carbons (Fsp3) is 0.364. The van der Waals surface area contributed by atoms with E-state index in [1.165, 1.54) is 24.3 Å². The van der Waals surface area contributed by atoms with E-state index in [1.54, 1.807) is 6.92 Å². The predicted octanol–water partition coefficient (Wildman–Crippen LogP) is 0.777. The molecule has 6 nitrogen and oxygen atoms in total. The monoisotopic (exact) mass is 339 g/mol. The first-order valence-electron chi connectivity index (χ1n) is 5.52. The maximum Gasteiger partial charge on any atom is 0.261 e. The normalized spacial score (nSPS) is 13.8. The Labute approximate surface area is 122 Å². The van der Waals surface area contributed by atoms with Crippen molar-refractivity contribution in [2.24, 2.45) is 0 Å². The molecule has 0 radical (unpaired) electrons. The second kappa shape index (κ2) is 6.11. The molecule has 1 N–H and O–H groups in total. The summed E-state index contributed by atoms with van der Waals surface area (Å²) >= 11 is 0. The first-order valence-corrected chi connectivity index (χ1v) is 9.89. The van der Waals surface area contributed by atoms with Gasteiger partial charge in [0, 0.05) is 28.5 Å². The van der Waals surface area contributed by atoms with Crippen LogP contribution in [0.1, 0.15) is 17.3 Å². The molecule has 0 spiro atoms. The fourth-order valence-corrected chi connectivity index (χ4v) is 3.33. The second-order valence-corrected chi connectivity index (χ2v) is 9.18. The first-order chi connectivity index (χ1) is 8.99. The van der Waals surface area contributed by atoms with Gasteiger partial charge < -0.3 is 5.32 Å². The summed E-state index contributed by atoms with van der Waals surface area (Å²) < 4.78 is 44.3. The third kappa shape index (κ3) is 5.48. The van der Waals surface area contributed by atoms with Crippen LogP contribution in [-0.2, 0) is 18.9 Å². The lowest BCUT2D eigenvalue weighted by molar-refractivity contribution is 0.0943. The number of benzene rings is 1. The number of rotatable bonds is 5. The van der Waals surface area contributed by atoms with Crippen molar-refractivity contribution < 1.29 is 21.6 Å². The highest BCUT2D eigenvalue weighted by Gasteiger charge is 2.15. The molecule has 1 atom stereocenters. The van der Waals surface area contributed by atoms with Gasteiger partial charge in [0.15, 0.2) is 0 Å². The summed E-state index contributed by atoms with van der Waals surface area (Å²) in [4.78, 5) is 11.7. The molecule has 20 heavy (non-hydrogen) atoms. The Kier molecular flexibility index (Phi) is 5.17. The minimum absolute atomic E-state index is 0.111. The van der Waals surface area contributed by atoms with Crippen LogP contribution in [0.3, 0.4) is 0 Å². The summed E-state index contributed by atoms with van der Waals surface area (Å²) in [6.45, 7) is 1.57. The molecule has 0 aliphatic rings. The van der Waals surface area contributed by atoms with Gasteiger partial charge in [-0.05, 0) is 31.2 Å². The number of carbonyl (C=O) groups excluding carboxylic acids is 1. The van der Waals surface area contributed by atoms with Crippen LogP contribution in [0.25, 0.3) is 0 Å². The van der Waals surface area contributed by atoms with Crippen LogP contribution in [0.2, 0.25) is 0 Å². The highest BCUT2D eigenvalue weighted by molar-refractivity contribution is 8.13. The van der Waals surface area contributed by atoms with E-state index in [1.807, 2.05) is 0 Å². The van der Waals surface area contributed by atoms with Crippen LogP contribution in [0.5, 0.6) is 0 Å². The van der Waals surface area contributed by atoms with Gasteiger partial charge in [0.25, 0.3) is 15.0 Å². The topological polar surface area (TPSA) is 97.4 Å². The van der Waals surface area contributed by atoms with Crippen LogP contribution in [0.4, 0.5) is 0 Å². The number of sulfone groups is 1. The molecule has 0 aromatic heterocycles. The van der Waals surface area contributed by atoms with E-state index in [0.717, 1.165) is 6.26 Å². The summed E-state index contributed by atoms with van der Waals surface area (Å²) in [7, 11) is -1.87. The molecule has 0 aliphatic carbocycles. The minimum atomic E-state index is -3.83. The fourth-order valence-electron chi connectivity index (χ4n) is 1.57. The van der Waals surface area contributed by atoms with Crippen molar-refractivity contribution in [1.29, 1.82) is 0 Å². The van der Waals surface area contributed by atoms with Crippen LogP contribution < -0.4 is 5.32 Å². The van der Waals surface area contributed by atoms with Gasteiger partial charge in [0.2, 0.25) is 0 Å². The summed E-state index contributed by atoms with van der Waals surface area (Å²) in [5.41, 5.74) is 0.217. The van der Waals surface area contributed by atoms with Gasteiger partial charge in [0.1, 0.15) is 9.84 Å². The number of nitrogens with one attached hydrogen (secondary N) is 1. The molecule has 1 amide bonds. The first kappa shape index (κ1) is 16.9.